The number of nitrogens with zero attached hydrogens (tertiary/aromatic N) is 3. The summed E-state index contributed by atoms with van der Waals surface area (Å²) in [5.41, 5.74) is 1.95. The van der Waals surface area contributed by atoms with E-state index in [0.29, 0.717) is 25.7 Å². The lowest BCUT2D eigenvalue weighted by Gasteiger charge is -2.23. The lowest BCUT2D eigenvalue weighted by Crippen LogP contribution is -2.44. The van der Waals surface area contributed by atoms with E-state index in [1.165, 1.54) is 0 Å². The minimum Gasteiger partial charge on any atom is -0.383 e. The average Bonchev–Trinajstić information content (AvgIpc) is 3.05. The summed E-state index contributed by atoms with van der Waals surface area (Å²) < 4.78 is 6.85. The minimum atomic E-state index is -1.04. The molecule has 2 rings (SSSR count). The van der Waals surface area contributed by atoms with Crippen LogP contribution in [0.3, 0.4) is 0 Å². The number of aromatic nitrogens is 2. The lowest BCUT2D eigenvalue weighted by atomic mass is 10.00. The molecule has 0 spiro atoms. The maximum Gasteiger partial charge on any atom is 0.191 e. The topological polar surface area (TPSA) is 83.7 Å². The Morgan fingerprint density at radius 3 is 2.70 bits per heavy atom. The Morgan fingerprint density at radius 2 is 2.07 bits per heavy atom. The van der Waals surface area contributed by atoms with Crippen LogP contribution in [-0.2, 0) is 30.5 Å². The van der Waals surface area contributed by atoms with Crippen molar-refractivity contribution >= 4 is 29.9 Å². The fraction of sp³-hybridized carbons (Fsp3) is 0.474. The molecule has 0 amide bonds. The lowest BCUT2D eigenvalue weighted by molar-refractivity contribution is 0.0616. The fourth-order valence-electron chi connectivity index (χ4n) is 2.55. The largest absolute Gasteiger partial charge is 0.383 e. The fourth-order valence-corrected chi connectivity index (χ4v) is 2.55. The first kappa shape index (κ1) is 23.4. The molecule has 0 aliphatic rings. The van der Waals surface area contributed by atoms with Gasteiger partial charge in [0.25, 0.3) is 0 Å². The zero-order valence-corrected chi connectivity index (χ0v) is 18.7. The third-order valence-electron chi connectivity index (χ3n) is 3.99. The Morgan fingerprint density at radius 1 is 1.33 bits per heavy atom. The molecule has 2 aromatic rings. The van der Waals surface area contributed by atoms with Crippen molar-refractivity contribution in [2.45, 2.75) is 32.6 Å². The molecule has 0 aliphatic carbocycles. The van der Waals surface area contributed by atoms with Gasteiger partial charge in [0, 0.05) is 32.5 Å². The van der Waals surface area contributed by atoms with Crippen LogP contribution in [0.25, 0.3) is 0 Å². The van der Waals surface area contributed by atoms with Gasteiger partial charge < -0.3 is 20.5 Å². The number of aliphatic imine (C=N–C) groups is 1. The van der Waals surface area contributed by atoms with Gasteiger partial charge in [0.05, 0.1) is 25.9 Å². The zero-order chi connectivity index (χ0) is 19.0. The Kier molecular flexibility index (Phi) is 9.75. The van der Waals surface area contributed by atoms with Gasteiger partial charge in [-0.25, -0.2) is 4.99 Å². The van der Waals surface area contributed by atoms with Crippen molar-refractivity contribution in [3.8, 4) is 0 Å². The van der Waals surface area contributed by atoms with Crippen LogP contribution in [-0.4, -0.2) is 41.0 Å². The third-order valence-corrected chi connectivity index (χ3v) is 3.99. The van der Waals surface area contributed by atoms with Crippen molar-refractivity contribution in [2.75, 3.05) is 20.2 Å². The number of rotatable bonds is 8. The summed E-state index contributed by atoms with van der Waals surface area (Å²) >= 11 is 0. The minimum absolute atomic E-state index is 0. The number of nitrogens with one attached hydrogen (secondary N) is 2. The highest BCUT2D eigenvalue weighted by Gasteiger charge is 2.24. The normalized spacial score (nSPS) is 13.6. The molecule has 1 atom stereocenters. The molecule has 27 heavy (non-hydrogen) atoms. The van der Waals surface area contributed by atoms with Gasteiger partial charge in [-0.1, -0.05) is 24.3 Å². The predicted octanol–water partition coefficient (Wildman–Crippen LogP) is 2.15. The predicted molar refractivity (Wildman–Crippen MR) is 118 cm³/mol. The summed E-state index contributed by atoms with van der Waals surface area (Å²) in [7, 11) is 3.52. The van der Waals surface area contributed by atoms with Crippen molar-refractivity contribution in [3.63, 3.8) is 0 Å². The van der Waals surface area contributed by atoms with Crippen LogP contribution >= 0.6 is 24.0 Å². The van der Waals surface area contributed by atoms with Crippen LogP contribution in [0.5, 0.6) is 0 Å². The molecule has 3 N–H and O–H groups in total. The second kappa shape index (κ2) is 11.3. The van der Waals surface area contributed by atoms with E-state index in [1.807, 2.05) is 38.4 Å². The van der Waals surface area contributed by atoms with Crippen molar-refractivity contribution in [3.05, 3.63) is 53.3 Å². The number of halogens is 1. The van der Waals surface area contributed by atoms with Crippen molar-refractivity contribution in [2.24, 2.45) is 12.0 Å². The van der Waals surface area contributed by atoms with E-state index in [-0.39, 0.29) is 24.0 Å². The molecule has 7 nitrogen and oxygen atoms in total. The smallest absolute Gasteiger partial charge is 0.191 e. The Labute approximate surface area is 178 Å². The van der Waals surface area contributed by atoms with Crippen molar-refractivity contribution < 1.29 is 9.84 Å². The summed E-state index contributed by atoms with van der Waals surface area (Å²) in [6.45, 7) is 5.97. The van der Waals surface area contributed by atoms with Gasteiger partial charge in [-0.05, 0) is 25.0 Å². The SMILES string of the molecule is CCNC(=NCc1cccc(COC)c1)NCC(C)(O)c1cnn(C)c1.I. The number of methoxy groups -OCH3 is 1. The molecule has 1 unspecified atom stereocenters. The first-order valence-corrected chi connectivity index (χ1v) is 8.75. The van der Waals surface area contributed by atoms with Crippen LogP contribution in [0.15, 0.2) is 41.7 Å². The molecule has 0 bridgehead atoms. The van der Waals surface area contributed by atoms with Gasteiger partial charge in [0.1, 0.15) is 5.60 Å². The van der Waals surface area contributed by atoms with E-state index in [0.717, 1.165) is 23.2 Å². The molecule has 0 radical (unpaired) electrons. The molecule has 8 heteroatoms. The summed E-state index contributed by atoms with van der Waals surface area (Å²) in [6, 6.07) is 8.17. The van der Waals surface area contributed by atoms with Crippen molar-refractivity contribution in [1.29, 1.82) is 0 Å². The molecule has 0 saturated heterocycles. The summed E-state index contributed by atoms with van der Waals surface area (Å²) in [6.07, 6.45) is 3.49. The van der Waals surface area contributed by atoms with E-state index in [1.54, 1.807) is 24.9 Å². The zero-order valence-electron chi connectivity index (χ0n) is 16.4. The van der Waals surface area contributed by atoms with E-state index < -0.39 is 5.60 Å². The van der Waals surface area contributed by atoms with Gasteiger partial charge in [0.2, 0.25) is 0 Å². The summed E-state index contributed by atoms with van der Waals surface area (Å²) in [5, 5.41) is 21.2. The number of ether oxygens (including phenoxy) is 1. The molecular formula is C19H30IN5O2. The Hall–Kier alpha value is -1.65. The molecule has 1 heterocycles. The average molecular weight is 487 g/mol. The van der Waals surface area contributed by atoms with Crippen LogP contribution in [0.2, 0.25) is 0 Å². The second-order valence-electron chi connectivity index (χ2n) is 6.48. The standard InChI is InChI=1S/C19H29N5O2.HI/c1-5-20-18(21-10-15-7-6-8-16(9-15)13-26-4)22-14-19(2,25)17-11-23-24(3)12-17;/h6-9,11-12,25H,5,10,13-14H2,1-4H3,(H2,20,21,22);1H. The maximum atomic E-state index is 10.7. The van der Waals surface area contributed by atoms with E-state index in [9.17, 15) is 5.11 Å². The molecule has 1 aromatic carbocycles. The summed E-state index contributed by atoms with van der Waals surface area (Å²) in [5.74, 6) is 0.661. The molecule has 1 aromatic heterocycles. The number of aryl methyl sites for hydroxylation is 1. The molecule has 0 fully saturated rings. The molecular weight excluding hydrogens is 457 g/mol. The van der Waals surface area contributed by atoms with Gasteiger partial charge in [0.15, 0.2) is 5.96 Å². The Bertz CT molecular complexity index is 730. The number of benzene rings is 1. The molecule has 0 aliphatic heterocycles. The van der Waals surface area contributed by atoms with E-state index >= 15 is 0 Å². The maximum absolute atomic E-state index is 10.7. The second-order valence-corrected chi connectivity index (χ2v) is 6.48. The first-order chi connectivity index (χ1) is 12.4. The quantitative estimate of drug-likeness (QED) is 0.302. The van der Waals surface area contributed by atoms with E-state index in [2.05, 4.69) is 26.8 Å². The van der Waals surface area contributed by atoms with Gasteiger partial charge in [-0.2, -0.15) is 5.10 Å². The number of aliphatic hydroxyl groups is 1. The van der Waals surface area contributed by atoms with Crippen molar-refractivity contribution in [1.82, 2.24) is 20.4 Å². The van der Waals surface area contributed by atoms with Crippen LogP contribution in [0.1, 0.15) is 30.5 Å². The van der Waals surface area contributed by atoms with Crippen LogP contribution in [0.4, 0.5) is 0 Å². The van der Waals surface area contributed by atoms with Crippen LogP contribution in [0, 0.1) is 0 Å². The van der Waals surface area contributed by atoms with E-state index in [4.69, 9.17) is 4.74 Å². The van der Waals surface area contributed by atoms with Crippen LogP contribution < -0.4 is 10.6 Å². The third kappa shape index (κ3) is 7.47. The number of hydrogen-bond donors (Lipinski definition) is 3. The van der Waals surface area contributed by atoms with Gasteiger partial charge >= 0.3 is 0 Å². The number of hydrogen-bond acceptors (Lipinski definition) is 4. The highest BCUT2D eigenvalue weighted by molar-refractivity contribution is 14.0. The highest BCUT2D eigenvalue weighted by atomic mass is 127. The number of guanidine groups is 1. The Balaban J connectivity index is 0.00000364. The molecule has 150 valence electrons. The molecule has 0 saturated carbocycles. The monoisotopic (exact) mass is 487 g/mol. The summed E-state index contributed by atoms with van der Waals surface area (Å²) in [4.78, 5) is 4.61. The van der Waals surface area contributed by atoms with Gasteiger partial charge in [-0.3, -0.25) is 4.68 Å². The first-order valence-electron chi connectivity index (χ1n) is 8.75. The highest BCUT2D eigenvalue weighted by Crippen LogP contribution is 2.18. The van der Waals surface area contributed by atoms with Gasteiger partial charge in [-0.15, -0.1) is 24.0 Å².